The number of hydrogen-bond donors (Lipinski definition) is 1. The van der Waals surface area contributed by atoms with Crippen molar-refractivity contribution in [2.24, 2.45) is 0 Å². The maximum absolute atomic E-state index is 12.2. The predicted octanol–water partition coefficient (Wildman–Crippen LogP) is 3.90. The van der Waals surface area contributed by atoms with Gasteiger partial charge in [0.25, 0.3) is 0 Å². The van der Waals surface area contributed by atoms with Crippen molar-refractivity contribution in [3.05, 3.63) is 47.7 Å². The number of carbonyl (C=O) groups is 1. The highest BCUT2D eigenvalue weighted by Crippen LogP contribution is 2.27. The summed E-state index contributed by atoms with van der Waals surface area (Å²) in [7, 11) is 0. The summed E-state index contributed by atoms with van der Waals surface area (Å²) in [5.74, 6) is 1.03. The van der Waals surface area contributed by atoms with E-state index in [1.807, 2.05) is 18.3 Å². The maximum atomic E-state index is 12.2. The van der Waals surface area contributed by atoms with Gasteiger partial charge in [-0.1, -0.05) is 6.07 Å². The Kier molecular flexibility index (Phi) is 4.92. The zero-order valence-electron chi connectivity index (χ0n) is 14.3. The molecule has 1 N–H and O–H groups in total. The van der Waals surface area contributed by atoms with Crippen molar-refractivity contribution in [3.63, 3.8) is 0 Å². The van der Waals surface area contributed by atoms with Crippen LogP contribution in [0.3, 0.4) is 0 Å². The van der Waals surface area contributed by atoms with Gasteiger partial charge < -0.3 is 10.2 Å². The number of aromatic nitrogens is 1. The molecule has 5 heteroatoms. The van der Waals surface area contributed by atoms with Gasteiger partial charge in [-0.15, -0.1) is 11.8 Å². The molecule has 1 fully saturated rings. The Labute approximate surface area is 153 Å². The Morgan fingerprint density at radius 1 is 1.08 bits per heavy atom. The molecular weight excluding hydrogens is 330 g/mol. The molecule has 4 nitrogen and oxygen atoms in total. The molecule has 0 saturated carbocycles. The van der Waals surface area contributed by atoms with Gasteiger partial charge in [-0.3, -0.25) is 4.79 Å². The lowest BCUT2D eigenvalue weighted by molar-refractivity contribution is -0.113. The summed E-state index contributed by atoms with van der Waals surface area (Å²) in [4.78, 5) is 20.1. The first-order valence-electron chi connectivity index (χ1n) is 9.03. The molecule has 2 aliphatic rings. The number of amides is 1. The van der Waals surface area contributed by atoms with E-state index in [1.54, 1.807) is 11.8 Å². The summed E-state index contributed by atoms with van der Waals surface area (Å²) >= 11 is 1.59. The second-order valence-corrected chi connectivity index (χ2v) is 7.77. The summed E-state index contributed by atoms with van der Waals surface area (Å²) in [6.07, 6.45) is 7.97. The third kappa shape index (κ3) is 3.98. The van der Waals surface area contributed by atoms with E-state index in [1.165, 1.54) is 48.1 Å². The highest BCUT2D eigenvalue weighted by molar-refractivity contribution is 8.00. The number of nitrogens with one attached hydrogen (secondary N) is 1. The van der Waals surface area contributed by atoms with E-state index < -0.39 is 0 Å². The number of anilines is 2. The van der Waals surface area contributed by atoms with E-state index in [0.717, 1.165) is 18.8 Å². The van der Waals surface area contributed by atoms with Crippen LogP contribution in [-0.2, 0) is 17.6 Å². The largest absolute Gasteiger partial charge is 0.370 e. The SMILES string of the molecule is O=C(CSc1ccc2c(c1)CCC2)Nc1ccc(N2CCCC2)cn1. The van der Waals surface area contributed by atoms with Crippen molar-refractivity contribution in [1.29, 1.82) is 0 Å². The lowest BCUT2D eigenvalue weighted by Gasteiger charge is -2.17. The van der Waals surface area contributed by atoms with Crippen molar-refractivity contribution in [3.8, 4) is 0 Å². The van der Waals surface area contributed by atoms with Crippen LogP contribution in [0.5, 0.6) is 0 Å². The van der Waals surface area contributed by atoms with Crippen molar-refractivity contribution < 1.29 is 4.79 Å². The quantitative estimate of drug-likeness (QED) is 0.828. The monoisotopic (exact) mass is 353 g/mol. The summed E-state index contributed by atoms with van der Waals surface area (Å²) in [5, 5.41) is 2.89. The number of thioether (sulfide) groups is 1. The molecule has 2 heterocycles. The smallest absolute Gasteiger partial charge is 0.235 e. The van der Waals surface area contributed by atoms with Gasteiger partial charge in [0.2, 0.25) is 5.91 Å². The fraction of sp³-hybridized carbons (Fsp3) is 0.400. The van der Waals surface area contributed by atoms with Gasteiger partial charge in [0.1, 0.15) is 5.82 Å². The molecule has 1 aromatic carbocycles. The van der Waals surface area contributed by atoms with Crippen molar-refractivity contribution in [2.75, 3.05) is 29.1 Å². The van der Waals surface area contributed by atoms with Gasteiger partial charge >= 0.3 is 0 Å². The molecule has 4 rings (SSSR count). The Hall–Kier alpha value is -2.01. The molecule has 130 valence electrons. The van der Waals surface area contributed by atoms with Crippen LogP contribution in [-0.4, -0.2) is 29.7 Å². The van der Waals surface area contributed by atoms with Gasteiger partial charge in [-0.2, -0.15) is 0 Å². The van der Waals surface area contributed by atoms with Crippen LogP contribution >= 0.6 is 11.8 Å². The number of aryl methyl sites for hydroxylation is 2. The first-order chi connectivity index (χ1) is 12.3. The Bertz CT molecular complexity index is 754. The van der Waals surface area contributed by atoms with Gasteiger partial charge in [0.05, 0.1) is 17.6 Å². The molecule has 0 spiro atoms. The molecule has 1 aromatic heterocycles. The molecular formula is C20H23N3OS. The van der Waals surface area contributed by atoms with Crippen LogP contribution < -0.4 is 10.2 Å². The zero-order valence-corrected chi connectivity index (χ0v) is 15.1. The van der Waals surface area contributed by atoms with Crippen molar-refractivity contribution in [2.45, 2.75) is 37.0 Å². The Morgan fingerprint density at radius 2 is 1.92 bits per heavy atom. The van der Waals surface area contributed by atoms with Crippen LogP contribution in [0.2, 0.25) is 0 Å². The predicted molar refractivity (Wildman–Crippen MR) is 104 cm³/mol. The molecule has 1 aliphatic carbocycles. The van der Waals surface area contributed by atoms with Crippen LogP contribution in [0.4, 0.5) is 11.5 Å². The van der Waals surface area contributed by atoms with Crippen LogP contribution in [0.1, 0.15) is 30.4 Å². The van der Waals surface area contributed by atoms with Gasteiger partial charge in [0.15, 0.2) is 0 Å². The molecule has 0 radical (unpaired) electrons. The normalized spacial score (nSPS) is 16.1. The van der Waals surface area contributed by atoms with E-state index in [4.69, 9.17) is 0 Å². The minimum atomic E-state index is -0.00748. The molecule has 2 aromatic rings. The third-order valence-electron chi connectivity index (χ3n) is 4.93. The summed E-state index contributed by atoms with van der Waals surface area (Å²) in [6.45, 7) is 2.20. The number of hydrogen-bond acceptors (Lipinski definition) is 4. The van der Waals surface area contributed by atoms with Crippen molar-refractivity contribution in [1.82, 2.24) is 4.98 Å². The number of benzene rings is 1. The number of fused-ring (bicyclic) bond motifs is 1. The van der Waals surface area contributed by atoms with Gasteiger partial charge in [-0.25, -0.2) is 4.98 Å². The molecule has 1 amide bonds. The molecule has 1 aliphatic heterocycles. The highest BCUT2D eigenvalue weighted by atomic mass is 32.2. The lowest BCUT2D eigenvalue weighted by atomic mass is 10.1. The maximum Gasteiger partial charge on any atom is 0.235 e. The van der Waals surface area contributed by atoms with E-state index in [0.29, 0.717) is 11.6 Å². The summed E-state index contributed by atoms with van der Waals surface area (Å²) < 4.78 is 0. The fourth-order valence-electron chi connectivity index (χ4n) is 3.59. The van der Waals surface area contributed by atoms with Crippen molar-refractivity contribution >= 4 is 29.2 Å². The zero-order chi connectivity index (χ0) is 17.1. The summed E-state index contributed by atoms with van der Waals surface area (Å²) in [5.41, 5.74) is 4.06. The number of pyridine rings is 1. The first-order valence-corrected chi connectivity index (χ1v) is 10.0. The number of rotatable bonds is 5. The molecule has 25 heavy (non-hydrogen) atoms. The van der Waals surface area contributed by atoms with Gasteiger partial charge in [0, 0.05) is 18.0 Å². The molecule has 1 saturated heterocycles. The molecule has 0 unspecified atom stereocenters. The van der Waals surface area contributed by atoms with Gasteiger partial charge in [-0.05, 0) is 67.5 Å². The fourth-order valence-corrected chi connectivity index (χ4v) is 4.35. The second kappa shape index (κ2) is 7.48. The average Bonchev–Trinajstić information content (AvgIpc) is 3.32. The van der Waals surface area contributed by atoms with Crippen LogP contribution in [0, 0.1) is 0 Å². The van der Waals surface area contributed by atoms with Crippen LogP contribution in [0.25, 0.3) is 0 Å². The van der Waals surface area contributed by atoms with E-state index in [9.17, 15) is 4.79 Å². The van der Waals surface area contributed by atoms with E-state index in [2.05, 4.69) is 33.4 Å². The average molecular weight is 353 g/mol. The molecule has 0 bridgehead atoms. The lowest BCUT2D eigenvalue weighted by Crippen LogP contribution is -2.18. The van der Waals surface area contributed by atoms with E-state index >= 15 is 0 Å². The van der Waals surface area contributed by atoms with E-state index in [-0.39, 0.29) is 5.91 Å². The highest BCUT2D eigenvalue weighted by Gasteiger charge is 2.14. The number of carbonyl (C=O) groups excluding carboxylic acids is 1. The van der Waals surface area contributed by atoms with Crippen LogP contribution in [0.15, 0.2) is 41.4 Å². The topological polar surface area (TPSA) is 45.2 Å². The first kappa shape index (κ1) is 16.5. The standard InChI is InChI=1S/C20H23N3OS/c24-20(14-25-18-8-6-15-4-3-5-16(15)12-18)22-19-9-7-17(13-21-19)23-10-1-2-11-23/h6-9,12-13H,1-5,10-11,14H2,(H,21,22,24). The number of nitrogens with zero attached hydrogens (tertiary/aromatic N) is 2. The minimum Gasteiger partial charge on any atom is -0.370 e. The third-order valence-corrected chi connectivity index (χ3v) is 5.92. The second-order valence-electron chi connectivity index (χ2n) is 6.72. The Balaban J connectivity index is 1.30. The minimum absolute atomic E-state index is 0.00748. The summed E-state index contributed by atoms with van der Waals surface area (Å²) in [6, 6.07) is 10.5. The molecule has 0 atom stereocenters. The Morgan fingerprint density at radius 3 is 2.72 bits per heavy atom.